The maximum Gasteiger partial charge on any atom is 0.120 e. The quantitative estimate of drug-likeness (QED) is 0.737. The predicted molar refractivity (Wildman–Crippen MR) is 71.6 cm³/mol. The lowest BCUT2D eigenvalue weighted by atomic mass is 10.2. The van der Waals surface area contributed by atoms with Crippen LogP contribution in [0.1, 0.15) is 6.42 Å². The topological polar surface area (TPSA) is 17.4 Å². The molecule has 0 unspecified atom stereocenters. The first-order chi connectivity index (χ1) is 8.16. The number of hydrogen-bond donors (Lipinski definition) is 0. The van der Waals surface area contributed by atoms with Crippen LogP contribution in [0, 0.1) is 0 Å². The highest BCUT2D eigenvalue weighted by Crippen LogP contribution is 2.21. The molecule has 1 aromatic carbocycles. The molecule has 92 valence electrons. The zero-order valence-electron chi connectivity index (χ0n) is 10.8. The Balaban J connectivity index is 1.95. The van der Waals surface area contributed by atoms with Gasteiger partial charge >= 0.3 is 0 Å². The van der Waals surface area contributed by atoms with Gasteiger partial charge in [-0.15, -0.1) is 0 Å². The average molecular weight is 232 g/mol. The van der Waals surface area contributed by atoms with Crippen LogP contribution in [0.2, 0.25) is 0 Å². The van der Waals surface area contributed by atoms with Gasteiger partial charge in [0.25, 0.3) is 0 Å². The molecule has 0 bridgehead atoms. The first kappa shape index (κ1) is 12.0. The molecule has 1 aromatic heterocycles. The molecule has 0 saturated heterocycles. The van der Waals surface area contributed by atoms with Crippen LogP contribution in [0.25, 0.3) is 10.9 Å². The maximum atomic E-state index is 5.74. The Bertz CT molecular complexity index is 488. The second-order valence-corrected chi connectivity index (χ2v) is 4.65. The fourth-order valence-electron chi connectivity index (χ4n) is 1.92. The second-order valence-electron chi connectivity index (χ2n) is 4.65. The van der Waals surface area contributed by atoms with Crippen LogP contribution in [-0.4, -0.2) is 36.7 Å². The largest absolute Gasteiger partial charge is 0.494 e. The van der Waals surface area contributed by atoms with E-state index in [1.165, 1.54) is 10.9 Å². The van der Waals surface area contributed by atoms with E-state index in [-0.39, 0.29) is 0 Å². The molecule has 2 rings (SSSR count). The van der Waals surface area contributed by atoms with Crippen molar-refractivity contribution >= 4 is 10.9 Å². The molecule has 0 saturated carbocycles. The van der Waals surface area contributed by atoms with Gasteiger partial charge in [0.15, 0.2) is 0 Å². The first-order valence-electron chi connectivity index (χ1n) is 5.99. The summed E-state index contributed by atoms with van der Waals surface area (Å²) in [5, 5.41) is 1.23. The SMILES string of the molecule is CN(C)CCCOc1ccc2c(ccn2C)c1. The highest BCUT2D eigenvalue weighted by atomic mass is 16.5. The number of fused-ring (bicyclic) bond motifs is 1. The minimum Gasteiger partial charge on any atom is -0.494 e. The third kappa shape index (κ3) is 3.01. The molecule has 2 aromatic rings. The molecule has 0 amide bonds. The Morgan fingerprint density at radius 1 is 1.24 bits per heavy atom. The number of rotatable bonds is 5. The smallest absolute Gasteiger partial charge is 0.120 e. The van der Waals surface area contributed by atoms with Crippen molar-refractivity contribution in [2.24, 2.45) is 7.05 Å². The molecule has 17 heavy (non-hydrogen) atoms. The van der Waals surface area contributed by atoms with E-state index in [9.17, 15) is 0 Å². The second kappa shape index (κ2) is 5.23. The molecule has 3 nitrogen and oxygen atoms in total. The van der Waals surface area contributed by atoms with Crippen molar-refractivity contribution in [2.75, 3.05) is 27.2 Å². The number of nitrogens with zero attached hydrogens (tertiary/aromatic N) is 2. The zero-order valence-corrected chi connectivity index (χ0v) is 10.8. The maximum absolute atomic E-state index is 5.74. The first-order valence-corrected chi connectivity index (χ1v) is 5.99. The van der Waals surface area contributed by atoms with Gasteiger partial charge in [-0.1, -0.05) is 0 Å². The van der Waals surface area contributed by atoms with Crippen LogP contribution in [0.4, 0.5) is 0 Å². The van der Waals surface area contributed by atoms with Crippen LogP contribution >= 0.6 is 0 Å². The van der Waals surface area contributed by atoms with Crippen molar-refractivity contribution in [3.05, 3.63) is 30.5 Å². The van der Waals surface area contributed by atoms with Crippen LogP contribution in [0.5, 0.6) is 5.75 Å². The lowest BCUT2D eigenvalue weighted by Gasteiger charge is -2.10. The minimum absolute atomic E-state index is 0.774. The lowest BCUT2D eigenvalue weighted by molar-refractivity contribution is 0.282. The van der Waals surface area contributed by atoms with Gasteiger partial charge in [-0.25, -0.2) is 0 Å². The van der Waals surface area contributed by atoms with Crippen LogP contribution in [0.3, 0.4) is 0 Å². The highest BCUT2D eigenvalue weighted by Gasteiger charge is 2.00. The molecular weight excluding hydrogens is 212 g/mol. The van der Waals surface area contributed by atoms with Gasteiger partial charge in [0, 0.05) is 30.7 Å². The van der Waals surface area contributed by atoms with E-state index >= 15 is 0 Å². The van der Waals surface area contributed by atoms with E-state index in [0.29, 0.717) is 0 Å². The fraction of sp³-hybridized carbons (Fsp3) is 0.429. The molecule has 0 radical (unpaired) electrons. The third-order valence-corrected chi connectivity index (χ3v) is 2.88. The van der Waals surface area contributed by atoms with Crippen LogP contribution in [0.15, 0.2) is 30.5 Å². The summed E-state index contributed by atoms with van der Waals surface area (Å²) in [6.07, 6.45) is 3.13. The van der Waals surface area contributed by atoms with Gasteiger partial charge in [0.2, 0.25) is 0 Å². The zero-order chi connectivity index (χ0) is 12.3. The Morgan fingerprint density at radius 2 is 2.06 bits per heavy atom. The van der Waals surface area contributed by atoms with Crippen molar-refractivity contribution in [1.29, 1.82) is 0 Å². The summed E-state index contributed by atoms with van der Waals surface area (Å²) in [5.41, 5.74) is 1.24. The Hall–Kier alpha value is -1.48. The lowest BCUT2D eigenvalue weighted by Crippen LogP contribution is -2.15. The molecule has 1 heterocycles. The number of ether oxygens (including phenoxy) is 1. The summed E-state index contributed by atoms with van der Waals surface area (Å²) in [7, 11) is 6.21. The van der Waals surface area contributed by atoms with Crippen LogP contribution < -0.4 is 4.74 Å². The van der Waals surface area contributed by atoms with E-state index in [1.807, 2.05) is 6.07 Å². The van der Waals surface area contributed by atoms with Gasteiger partial charge in [-0.05, 0) is 44.8 Å². The highest BCUT2D eigenvalue weighted by molar-refractivity contribution is 5.81. The van der Waals surface area contributed by atoms with Gasteiger partial charge in [-0.2, -0.15) is 0 Å². The molecule has 0 atom stereocenters. The molecular formula is C14H20N2O. The summed E-state index contributed by atoms with van der Waals surface area (Å²) >= 11 is 0. The summed E-state index contributed by atoms with van der Waals surface area (Å²) in [6, 6.07) is 8.36. The minimum atomic E-state index is 0.774. The fourth-order valence-corrected chi connectivity index (χ4v) is 1.92. The van der Waals surface area contributed by atoms with Gasteiger partial charge < -0.3 is 14.2 Å². The average Bonchev–Trinajstić information content (AvgIpc) is 2.66. The monoisotopic (exact) mass is 232 g/mol. The number of aromatic nitrogens is 1. The summed E-state index contributed by atoms with van der Waals surface area (Å²) in [6.45, 7) is 1.84. The number of benzene rings is 1. The predicted octanol–water partition coefficient (Wildman–Crippen LogP) is 2.51. The summed E-state index contributed by atoms with van der Waals surface area (Å²) in [4.78, 5) is 2.17. The normalized spacial score (nSPS) is 11.3. The van der Waals surface area contributed by atoms with Crippen molar-refractivity contribution in [2.45, 2.75) is 6.42 Å². The van der Waals surface area contributed by atoms with Crippen molar-refractivity contribution in [3.8, 4) is 5.75 Å². The van der Waals surface area contributed by atoms with Crippen molar-refractivity contribution in [1.82, 2.24) is 9.47 Å². The molecule has 3 heteroatoms. The Labute approximate surface area is 103 Å². The summed E-state index contributed by atoms with van der Waals surface area (Å²) in [5.74, 6) is 0.961. The van der Waals surface area contributed by atoms with E-state index < -0.39 is 0 Å². The van der Waals surface area contributed by atoms with E-state index in [1.54, 1.807) is 0 Å². The van der Waals surface area contributed by atoms with E-state index in [4.69, 9.17) is 4.74 Å². The van der Waals surface area contributed by atoms with E-state index in [2.05, 4.69) is 55.0 Å². The molecule has 0 N–H and O–H groups in total. The molecule has 0 aliphatic carbocycles. The molecule has 0 aliphatic heterocycles. The van der Waals surface area contributed by atoms with Crippen molar-refractivity contribution < 1.29 is 4.74 Å². The molecule has 0 aliphatic rings. The van der Waals surface area contributed by atoms with Crippen molar-refractivity contribution in [3.63, 3.8) is 0 Å². The van der Waals surface area contributed by atoms with E-state index in [0.717, 1.165) is 25.3 Å². The van der Waals surface area contributed by atoms with Crippen LogP contribution in [-0.2, 0) is 7.05 Å². The Morgan fingerprint density at radius 3 is 2.82 bits per heavy atom. The Kier molecular flexibility index (Phi) is 3.69. The number of hydrogen-bond acceptors (Lipinski definition) is 2. The van der Waals surface area contributed by atoms with Gasteiger partial charge in [0.1, 0.15) is 5.75 Å². The third-order valence-electron chi connectivity index (χ3n) is 2.88. The van der Waals surface area contributed by atoms with Gasteiger partial charge in [-0.3, -0.25) is 0 Å². The standard InChI is InChI=1S/C14H20N2O/c1-15(2)8-4-10-17-13-5-6-14-12(11-13)7-9-16(14)3/h5-7,9,11H,4,8,10H2,1-3H3. The molecule has 0 spiro atoms. The van der Waals surface area contributed by atoms with Gasteiger partial charge in [0.05, 0.1) is 6.61 Å². The summed E-state index contributed by atoms with van der Waals surface area (Å²) < 4.78 is 7.85. The number of aryl methyl sites for hydroxylation is 1. The molecule has 0 fully saturated rings.